The minimum Gasteiger partial charge on any atom is -0.349 e. The van der Waals surface area contributed by atoms with Gasteiger partial charge in [0.25, 0.3) is 11.6 Å². The lowest BCUT2D eigenvalue weighted by atomic mass is 10.0. The van der Waals surface area contributed by atoms with Crippen LogP contribution in [0.4, 0.5) is 0 Å². The van der Waals surface area contributed by atoms with E-state index < -0.39 is 0 Å². The molecule has 0 unspecified atom stereocenters. The zero-order chi connectivity index (χ0) is 20.5. The lowest BCUT2D eigenvalue weighted by Crippen LogP contribution is -2.43. The van der Waals surface area contributed by atoms with Gasteiger partial charge in [-0.15, -0.1) is 11.3 Å². The fourth-order valence-electron chi connectivity index (χ4n) is 3.89. The Morgan fingerprint density at radius 1 is 1.17 bits per heavy atom. The van der Waals surface area contributed by atoms with Gasteiger partial charge in [0.05, 0.1) is 21.5 Å². The Morgan fingerprint density at radius 2 is 1.97 bits per heavy atom. The Labute approximate surface area is 178 Å². The van der Waals surface area contributed by atoms with Crippen LogP contribution < -0.4 is 5.32 Å². The molecule has 0 atom stereocenters. The monoisotopic (exact) mass is 418 g/mol. The SMILES string of the molecule is CN1CCC(NC(=O)c2cc(-c3cccs3)nc3onc(-c4ccccc4)c23)CC1. The summed E-state index contributed by atoms with van der Waals surface area (Å²) in [6, 6.07) is 15.8. The molecular formula is C23H22N4O2S. The number of hydrogen-bond donors (Lipinski definition) is 1. The Hall–Kier alpha value is -3.03. The molecule has 1 aliphatic heterocycles. The number of aromatic nitrogens is 2. The fourth-order valence-corrected chi connectivity index (χ4v) is 4.58. The van der Waals surface area contributed by atoms with Crippen LogP contribution in [0.15, 0.2) is 58.4 Å². The summed E-state index contributed by atoms with van der Waals surface area (Å²) < 4.78 is 5.59. The molecule has 1 fully saturated rings. The highest BCUT2D eigenvalue weighted by Gasteiger charge is 2.25. The van der Waals surface area contributed by atoms with Crippen molar-refractivity contribution in [1.29, 1.82) is 0 Å². The number of rotatable bonds is 4. The maximum Gasteiger partial charge on any atom is 0.259 e. The molecule has 152 valence electrons. The number of carbonyl (C=O) groups excluding carboxylic acids is 1. The largest absolute Gasteiger partial charge is 0.349 e. The first-order valence-corrected chi connectivity index (χ1v) is 11.0. The van der Waals surface area contributed by atoms with E-state index in [9.17, 15) is 4.79 Å². The van der Waals surface area contributed by atoms with Gasteiger partial charge in [0.1, 0.15) is 5.69 Å². The number of amides is 1. The first-order valence-electron chi connectivity index (χ1n) is 10.1. The van der Waals surface area contributed by atoms with Crippen LogP contribution in [0.2, 0.25) is 0 Å². The van der Waals surface area contributed by atoms with E-state index in [0.29, 0.717) is 22.4 Å². The topological polar surface area (TPSA) is 71.3 Å². The smallest absolute Gasteiger partial charge is 0.259 e. The third-order valence-electron chi connectivity index (χ3n) is 5.57. The molecule has 1 aliphatic rings. The van der Waals surface area contributed by atoms with Gasteiger partial charge in [-0.05, 0) is 50.5 Å². The van der Waals surface area contributed by atoms with Gasteiger partial charge in [-0.1, -0.05) is 41.6 Å². The number of nitrogens with zero attached hydrogens (tertiary/aromatic N) is 3. The molecule has 4 aromatic rings. The van der Waals surface area contributed by atoms with Crippen molar-refractivity contribution in [1.82, 2.24) is 20.4 Å². The molecule has 3 aromatic heterocycles. The second-order valence-electron chi connectivity index (χ2n) is 7.66. The summed E-state index contributed by atoms with van der Waals surface area (Å²) in [6.07, 6.45) is 1.90. The van der Waals surface area contributed by atoms with Crippen molar-refractivity contribution in [2.45, 2.75) is 18.9 Å². The quantitative estimate of drug-likeness (QED) is 0.530. The molecule has 5 rings (SSSR count). The summed E-state index contributed by atoms with van der Waals surface area (Å²) in [5, 5.41) is 10.2. The summed E-state index contributed by atoms with van der Waals surface area (Å²) in [4.78, 5) is 21.3. The molecule has 6 nitrogen and oxygen atoms in total. The zero-order valence-electron chi connectivity index (χ0n) is 16.7. The molecule has 0 radical (unpaired) electrons. The van der Waals surface area contributed by atoms with Crippen LogP contribution in [0.3, 0.4) is 0 Å². The van der Waals surface area contributed by atoms with Crippen LogP contribution in [0.5, 0.6) is 0 Å². The van der Waals surface area contributed by atoms with Crippen LogP contribution in [0.25, 0.3) is 32.9 Å². The molecule has 0 bridgehead atoms. The number of benzene rings is 1. The molecule has 0 aliphatic carbocycles. The second kappa shape index (κ2) is 8.01. The number of thiophene rings is 1. The van der Waals surface area contributed by atoms with E-state index in [2.05, 4.69) is 27.4 Å². The van der Waals surface area contributed by atoms with E-state index in [-0.39, 0.29) is 11.9 Å². The van der Waals surface area contributed by atoms with E-state index in [1.165, 1.54) is 0 Å². The van der Waals surface area contributed by atoms with Crippen molar-refractivity contribution in [3.8, 4) is 21.8 Å². The summed E-state index contributed by atoms with van der Waals surface area (Å²) in [7, 11) is 2.11. The number of fused-ring (bicyclic) bond motifs is 1. The highest BCUT2D eigenvalue weighted by molar-refractivity contribution is 7.13. The van der Waals surface area contributed by atoms with Gasteiger partial charge in [-0.3, -0.25) is 4.79 Å². The first kappa shape index (κ1) is 19.0. The molecule has 0 spiro atoms. The molecule has 1 amide bonds. The number of hydrogen-bond acceptors (Lipinski definition) is 6. The molecular weight excluding hydrogens is 396 g/mol. The van der Waals surface area contributed by atoms with Gasteiger partial charge in [-0.25, -0.2) is 4.98 Å². The Kier molecular flexibility index (Phi) is 5.06. The number of likely N-dealkylation sites (tertiary alicyclic amines) is 1. The van der Waals surface area contributed by atoms with Crippen LogP contribution in [0.1, 0.15) is 23.2 Å². The summed E-state index contributed by atoms with van der Waals surface area (Å²) >= 11 is 1.58. The van der Waals surface area contributed by atoms with Crippen molar-refractivity contribution >= 4 is 28.3 Å². The summed E-state index contributed by atoms with van der Waals surface area (Å²) in [5.74, 6) is -0.102. The lowest BCUT2D eigenvalue weighted by Gasteiger charge is -2.29. The minimum atomic E-state index is -0.102. The van der Waals surface area contributed by atoms with Gasteiger partial charge < -0.3 is 14.7 Å². The third kappa shape index (κ3) is 3.62. The molecule has 1 aromatic carbocycles. The minimum absolute atomic E-state index is 0.102. The zero-order valence-corrected chi connectivity index (χ0v) is 17.5. The lowest BCUT2D eigenvalue weighted by molar-refractivity contribution is 0.0918. The van der Waals surface area contributed by atoms with Gasteiger partial charge in [-0.2, -0.15) is 0 Å². The standard InChI is InChI=1S/C23H22N4O2S/c1-27-11-9-16(10-12-27)24-22(28)17-14-18(19-8-5-13-30-19)25-23-20(17)21(26-29-23)15-6-3-2-4-7-15/h2-8,13-14,16H,9-12H2,1H3,(H,24,28). The van der Waals surface area contributed by atoms with Crippen molar-refractivity contribution in [3.05, 3.63) is 59.5 Å². The second-order valence-corrected chi connectivity index (χ2v) is 8.61. The Bertz CT molecular complexity index is 1160. The maximum atomic E-state index is 13.4. The molecule has 30 heavy (non-hydrogen) atoms. The van der Waals surface area contributed by atoms with Crippen LogP contribution in [0, 0.1) is 0 Å². The Balaban J connectivity index is 1.59. The van der Waals surface area contributed by atoms with E-state index >= 15 is 0 Å². The number of pyridine rings is 1. The normalized spacial score (nSPS) is 15.5. The number of nitrogens with one attached hydrogen (secondary N) is 1. The van der Waals surface area contributed by atoms with Crippen molar-refractivity contribution in [3.63, 3.8) is 0 Å². The van der Waals surface area contributed by atoms with Crippen molar-refractivity contribution in [2.75, 3.05) is 20.1 Å². The first-order chi connectivity index (χ1) is 14.7. The predicted octanol–water partition coefficient (Wildman–Crippen LogP) is 4.44. The van der Waals surface area contributed by atoms with E-state index in [4.69, 9.17) is 4.52 Å². The molecule has 0 saturated carbocycles. The van der Waals surface area contributed by atoms with E-state index in [1.54, 1.807) is 11.3 Å². The average molecular weight is 419 g/mol. The fraction of sp³-hybridized carbons (Fsp3) is 0.261. The van der Waals surface area contributed by atoms with Crippen molar-refractivity contribution in [2.24, 2.45) is 0 Å². The van der Waals surface area contributed by atoms with E-state index in [1.807, 2.05) is 53.9 Å². The van der Waals surface area contributed by atoms with Crippen LogP contribution in [-0.4, -0.2) is 47.1 Å². The van der Waals surface area contributed by atoms with Gasteiger partial charge in [0.2, 0.25) is 0 Å². The third-order valence-corrected chi connectivity index (χ3v) is 6.46. The van der Waals surface area contributed by atoms with Gasteiger partial charge in [0.15, 0.2) is 0 Å². The van der Waals surface area contributed by atoms with Crippen molar-refractivity contribution < 1.29 is 9.32 Å². The number of carbonyl (C=O) groups is 1. The van der Waals surface area contributed by atoms with Gasteiger partial charge >= 0.3 is 0 Å². The maximum absolute atomic E-state index is 13.4. The predicted molar refractivity (Wildman–Crippen MR) is 119 cm³/mol. The molecule has 7 heteroatoms. The van der Waals surface area contributed by atoms with E-state index in [0.717, 1.165) is 42.1 Å². The number of piperidine rings is 1. The molecule has 1 N–H and O–H groups in total. The molecule has 4 heterocycles. The Morgan fingerprint density at radius 3 is 2.70 bits per heavy atom. The molecule has 1 saturated heterocycles. The highest BCUT2D eigenvalue weighted by Crippen LogP contribution is 2.33. The van der Waals surface area contributed by atoms with Gasteiger partial charge in [0, 0.05) is 11.6 Å². The highest BCUT2D eigenvalue weighted by atomic mass is 32.1. The van der Waals surface area contributed by atoms with Crippen LogP contribution in [-0.2, 0) is 0 Å². The average Bonchev–Trinajstić information content (AvgIpc) is 3.45. The van der Waals surface area contributed by atoms with Crippen LogP contribution >= 0.6 is 11.3 Å². The summed E-state index contributed by atoms with van der Waals surface area (Å²) in [5.41, 5.74) is 3.21. The summed E-state index contributed by atoms with van der Waals surface area (Å²) in [6.45, 7) is 1.97.